The van der Waals surface area contributed by atoms with Crippen molar-refractivity contribution in [3.05, 3.63) is 62.8 Å². The maximum atomic E-state index is 11.4. The zero-order valence-corrected chi connectivity index (χ0v) is 9.31. The highest BCUT2D eigenvalue weighted by Gasteiger charge is 2.12. The zero-order chi connectivity index (χ0) is 13.1. The molecule has 0 saturated heterocycles. The Morgan fingerprint density at radius 1 is 1.44 bits per heavy atom. The topological polar surface area (TPSA) is 104 Å². The minimum absolute atomic E-state index is 0.0993. The van der Waals surface area contributed by atoms with Gasteiger partial charge in [-0.25, -0.2) is 9.78 Å². The summed E-state index contributed by atoms with van der Waals surface area (Å²) in [5.41, 5.74) is 5.64. The second-order valence-corrected chi connectivity index (χ2v) is 3.68. The van der Waals surface area contributed by atoms with Crippen molar-refractivity contribution in [3.8, 4) is 0 Å². The van der Waals surface area contributed by atoms with Gasteiger partial charge >= 0.3 is 5.69 Å². The number of nitrogens with two attached hydrogens (primary N) is 1. The maximum absolute atomic E-state index is 11.4. The predicted octanol–water partition coefficient (Wildman–Crippen LogP) is 0.782. The van der Waals surface area contributed by atoms with Gasteiger partial charge in [-0.05, 0) is 17.7 Å². The highest BCUT2D eigenvalue weighted by molar-refractivity contribution is 5.59. The zero-order valence-electron chi connectivity index (χ0n) is 9.31. The van der Waals surface area contributed by atoms with Crippen LogP contribution in [0.15, 0.2) is 41.5 Å². The summed E-state index contributed by atoms with van der Waals surface area (Å²) in [6.45, 7) is 0.216. The van der Waals surface area contributed by atoms with Gasteiger partial charge in [0.1, 0.15) is 5.69 Å². The first-order chi connectivity index (χ1) is 8.58. The minimum Gasteiger partial charge on any atom is -0.393 e. The number of hydrogen-bond donors (Lipinski definition) is 1. The molecule has 1 aromatic heterocycles. The van der Waals surface area contributed by atoms with Crippen molar-refractivity contribution in [2.75, 3.05) is 5.73 Å². The molecule has 0 atom stereocenters. The van der Waals surface area contributed by atoms with Crippen LogP contribution in [0.4, 0.5) is 11.4 Å². The minimum atomic E-state index is -0.551. The van der Waals surface area contributed by atoms with Gasteiger partial charge in [-0.1, -0.05) is 6.07 Å². The van der Waals surface area contributed by atoms with Gasteiger partial charge in [0.2, 0.25) is 0 Å². The number of nitro groups is 1. The Bertz CT molecular complexity index is 651. The Kier molecular flexibility index (Phi) is 3.05. The number of nitrogen functional groups attached to an aromatic ring is 1. The summed E-state index contributed by atoms with van der Waals surface area (Å²) in [6, 6.07) is 6.07. The third-order valence-corrected chi connectivity index (χ3v) is 2.43. The van der Waals surface area contributed by atoms with Crippen molar-refractivity contribution in [2.24, 2.45) is 0 Å². The molecule has 0 saturated carbocycles. The fourth-order valence-electron chi connectivity index (χ4n) is 1.55. The van der Waals surface area contributed by atoms with Crippen molar-refractivity contribution < 1.29 is 4.92 Å². The summed E-state index contributed by atoms with van der Waals surface area (Å²) in [5, 5.41) is 10.7. The molecule has 7 nitrogen and oxygen atoms in total. The first-order valence-corrected chi connectivity index (χ1v) is 5.12. The third-order valence-electron chi connectivity index (χ3n) is 2.43. The maximum Gasteiger partial charge on any atom is 0.347 e. The van der Waals surface area contributed by atoms with Gasteiger partial charge in [0.25, 0.3) is 5.69 Å². The van der Waals surface area contributed by atoms with Gasteiger partial charge in [-0.2, -0.15) is 0 Å². The van der Waals surface area contributed by atoms with Crippen LogP contribution >= 0.6 is 0 Å². The Morgan fingerprint density at radius 2 is 2.22 bits per heavy atom. The largest absolute Gasteiger partial charge is 0.393 e. The number of nitro benzene ring substituents is 1. The lowest BCUT2D eigenvalue weighted by atomic mass is 10.1. The molecule has 7 heteroatoms. The number of rotatable bonds is 3. The SMILES string of the molecule is Nc1ccc(Cn2cccnc2=O)cc1[N+](=O)[O-]. The predicted molar refractivity (Wildman–Crippen MR) is 65.1 cm³/mol. The van der Waals surface area contributed by atoms with E-state index >= 15 is 0 Å². The second kappa shape index (κ2) is 4.66. The molecule has 0 aliphatic carbocycles. The first-order valence-electron chi connectivity index (χ1n) is 5.12. The molecule has 92 valence electrons. The van der Waals surface area contributed by atoms with Gasteiger partial charge in [-0.15, -0.1) is 0 Å². The number of anilines is 1. The standard InChI is InChI=1S/C11H10N4O3/c12-9-3-2-8(6-10(9)15(17)18)7-14-5-1-4-13-11(14)16/h1-6H,7,12H2. The van der Waals surface area contributed by atoms with Crippen LogP contribution in [0.3, 0.4) is 0 Å². The summed E-state index contributed by atoms with van der Waals surface area (Å²) in [4.78, 5) is 25.2. The molecule has 0 amide bonds. The van der Waals surface area contributed by atoms with Gasteiger partial charge < -0.3 is 5.73 Å². The smallest absolute Gasteiger partial charge is 0.347 e. The van der Waals surface area contributed by atoms with E-state index in [1.54, 1.807) is 18.3 Å². The van der Waals surface area contributed by atoms with Gasteiger partial charge in [-0.3, -0.25) is 14.7 Å². The Labute approximate surface area is 102 Å². The quantitative estimate of drug-likeness (QED) is 0.489. The average Bonchev–Trinajstić information content (AvgIpc) is 2.34. The van der Waals surface area contributed by atoms with Crippen LogP contribution in [0.1, 0.15) is 5.56 Å². The molecular weight excluding hydrogens is 236 g/mol. The van der Waals surface area contributed by atoms with Crippen LogP contribution in [-0.4, -0.2) is 14.5 Å². The molecule has 0 fully saturated rings. The molecule has 0 aliphatic heterocycles. The number of hydrogen-bond acceptors (Lipinski definition) is 5. The molecule has 0 unspecified atom stereocenters. The Morgan fingerprint density at radius 3 is 2.89 bits per heavy atom. The van der Waals surface area contributed by atoms with E-state index in [1.807, 2.05) is 0 Å². The van der Waals surface area contributed by atoms with Crippen molar-refractivity contribution in [1.29, 1.82) is 0 Å². The van der Waals surface area contributed by atoms with E-state index in [9.17, 15) is 14.9 Å². The average molecular weight is 246 g/mol. The Hall–Kier alpha value is -2.70. The highest BCUT2D eigenvalue weighted by atomic mass is 16.6. The number of benzene rings is 1. The molecule has 0 bridgehead atoms. The van der Waals surface area contributed by atoms with E-state index in [1.165, 1.54) is 22.9 Å². The lowest BCUT2D eigenvalue weighted by Crippen LogP contribution is -2.21. The van der Waals surface area contributed by atoms with Crippen LogP contribution in [0.2, 0.25) is 0 Å². The molecule has 2 rings (SSSR count). The molecular formula is C11H10N4O3. The lowest BCUT2D eigenvalue weighted by Gasteiger charge is -2.05. The summed E-state index contributed by atoms with van der Waals surface area (Å²) in [6.07, 6.45) is 2.96. The molecule has 18 heavy (non-hydrogen) atoms. The van der Waals surface area contributed by atoms with Crippen molar-refractivity contribution >= 4 is 11.4 Å². The van der Waals surface area contributed by atoms with Crippen molar-refractivity contribution in [1.82, 2.24) is 9.55 Å². The van der Waals surface area contributed by atoms with Crippen LogP contribution in [0.5, 0.6) is 0 Å². The summed E-state index contributed by atoms with van der Waals surface area (Å²) < 4.78 is 1.36. The van der Waals surface area contributed by atoms with Gasteiger partial charge in [0, 0.05) is 18.5 Å². The molecule has 0 aliphatic rings. The number of aromatic nitrogens is 2. The fourth-order valence-corrected chi connectivity index (χ4v) is 1.55. The van der Waals surface area contributed by atoms with E-state index in [4.69, 9.17) is 5.73 Å². The third kappa shape index (κ3) is 2.34. The normalized spacial score (nSPS) is 10.2. The highest BCUT2D eigenvalue weighted by Crippen LogP contribution is 2.22. The monoisotopic (exact) mass is 246 g/mol. The van der Waals surface area contributed by atoms with Gasteiger partial charge in [0.15, 0.2) is 0 Å². The summed E-state index contributed by atoms with van der Waals surface area (Å²) >= 11 is 0. The van der Waals surface area contributed by atoms with Crippen LogP contribution in [0.25, 0.3) is 0 Å². The second-order valence-electron chi connectivity index (χ2n) is 3.68. The van der Waals surface area contributed by atoms with E-state index in [0.29, 0.717) is 5.56 Å². The fraction of sp³-hybridized carbons (Fsp3) is 0.0909. The first kappa shape index (κ1) is 11.8. The summed E-state index contributed by atoms with van der Waals surface area (Å²) in [7, 11) is 0. The van der Waals surface area contributed by atoms with E-state index < -0.39 is 10.6 Å². The van der Waals surface area contributed by atoms with Gasteiger partial charge in [0.05, 0.1) is 11.5 Å². The van der Waals surface area contributed by atoms with Crippen molar-refractivity contribution in [3.63, 3.8) is 0 Å². The molecule has 0 radical (unpaired) electrons. The molecule has 1 heterocycles. The number of nitrogens with zero attached hydrogens (tertiary/aromatic N) is 3. The van der Waals surface area contributed by atoms with E-state index in [-0.39, 0.29) is 17.9 Å². The molecule has 1 aromatic carbocycles. The lowest BCUT2D eigenvalue weighted by molar-refractivity contribution is -0.384. The van der Waals surface area contributed by atoms with Crippen LogP contribution < -0.4 is 11.4 Å². The van der Waals surface area contributed by atoms with Crippen molar-refractivity contribution in [2.45, 2.75) is 6.54 Å². The summed E-state index contributed by atoms with van der Waals surface area (Å²) in [5.74, 6) is 0. The van der Waals surface area contributed by atoms with Crippen LogP contribution in [-0.2, 0) is 6.54 Å². The molecule has 0 spiro atoms. The molecule has 2 N–H and O–H groups in total. The van der Waals surface area contributed by atoms with E-state index in [2.05, 4.69) is 4.98 Å². The Balaban J connectivity index is 2.36. The molecule has 2 aromatic rings. The van der Waals surface area contributed by atoms with E-state index in [0.717, 1.165) is 0 Å². The van der Waals surface area contributed by atoms with Crippen LogP contribution in [0, 0.1) is 10.1 Å².